The molecule has 0 aromatic rings. The summed E-state index contributed by atoms with van der Waals surface area (Å²) in [4.78, 5) is 21.9. The van der Waals surface area contributed by atoms with Crippen LogP contribution in [-0.4, -0.2) is 17.6 Å². The lowest BCUT2D eigenvalue weighted by Gasteiger charge is -2.25. The van der Waals surface area contributed by atoms with Crippen LogP contribution in [0.4, 0.5) is 0 Å². The van der Waals surface area contributed by atoms with Crippen molar-refractivity contribution in [3.8, 4) is 0 Å². The molecule has 2 unspecified atom stereocenters. The van der Waals surface area contributed by atoms with Crippen LogP contribution < -0.4 is 5.73 Å². The van der Waals surface area contributed by atoms with E-state index >= 15 is 0 Å². The summed E-state index contributed by atoms with van der Waals surface area (Å²) < 4.78 is 0. The van der Waals surface area contributed by atoms with Gasteiger partial charge in [-0.15, -0.1) is 0 Å². The molecule has 0 spiro atoms. The third kappa shape index (κ3) is 17.1. The monoisotopic (exact) mass is 385 g/mol. The minimum Gasteiger partial charge on any atom is -0.321 e. The van der Waals surface area contributed by atoms with Crippen molar-refractivity contribution in [2.24, 2.45) is 23.5 Å². The third-order valence-corrected chi connectivity index (χ3v) is 5.28. The Hall–Kier alpha value is -0.700. The zero-order chi connectivity index (χ0) is 21.8. The van der Waals surface area contributed by atoms with Gasteiger partial charge in [-0.05, 0) is 44.9 Å². The van der Waals surface area contributed by atoms with Gasteiger partial charge in [-0.1, -0.05) is 87.0 Å². The summed E-state index contributed by atoms with van der Waals surface area (Å²) >= 11 is 0. The van der Waals surface area contributed by atoms with Crippen molar-refractivity contribution in [3.05, 3.63) is 0 Å². The van der Waals surface area contributed by atoms with E-state index in [-0.39, 0.29) is 17.7 Å². The van der Waals surface area contributed by atoms with E-state index in [2.05, 4.69) is 13.8 Å². The van der Waals surface area contributed by atoms with Gasteiger partial charge in [0.05, 0.1) is 6.04 Å². The predicted octanol–water partition coefficient (Wildman–Crippen LogP) is 6.96. The number of hydrogen-bond donors (Lipinski definition) is 1. The van der Waals surface area contributed by atoms with Crippen molar-refractivity contribution in [3.63, 3.8) is 0 Å². The average Bonchev–Trinajstić information content (AvgIpc) is 2.71. The van der Waals surface area contributed by atoms with Gasteiger partial charge in [0.15, 0.2) is 0 Å². The first-order valence-corrected chi connectivity index (χ1v) is 11.6. The molecule has 3 nitrogen and oxygen atoms in total. The Labute approximate surface area is 171 Å². The van der Waals surface area contributed by atoms with Crippen LogP contribution in [0.5, 0.6) is 0 Å². The fourth-order valence-electron chi connectivity index (χ4n) is 3.39. The maximum Gasteiger partial charge on any atom is 0.146 e. The first-order valence-electron chi connectivity index (χ1n) is 11.6. The zero-order valence-electron chi connectivity index (χ0n) is 20.1. The maximum atomic E-state index is 11.0. The number of rotatable bonds is 8. The highest BCUT2D eigenvalue weighted by Gasteiger charge is 2.23. The standard InChI is InChI=1S/C11H22O.C9H17NO.2C2H6/c1-5-7-11(6-2)8-9(3)10(4)12;1-7(11)9(10)8-5-3-2-4-6-8;2*1-2/h9,11H,5-8H2,1-4H3;8-9H,2-6,10H2,1H3;2*1-2H3/t9?,11-;;;/m1.../s1. The van der Waals surface area contributed by atoms with Crippen LogP contribution in [0.1, 0.15) is 120 Å². The van der Waals surface area contributed by atoms with Gasteiger partial charge in [0.25, 0.3) is 0 Å². The molecule has 0 bridgehead atoms. The molecule has 27 heavy (non-hydrogen) atoms. The summed E-state index contributed by atoms with van der Waals surface area (Å²) in [5, 5.41) is 0. The third-order valence-electron chi connectivity index (χ3n) is 5.28. The number of hydrogen-bond acceptors (Lipinski definition) is 3. The highest BCUT2D eigenvalue weighted by atomic mass is 16.1. The minimum atomic E-state index is -0.185. The van der Waals surface area contributed by atoms with Crippen LogP contribution in [0.15, 0.2) is 0 Å². The molecule has 1 aliphatic carbocycles. The SMILES string of the molecule is CC.CC.CC(=O)C(N)C1CCCCC1.CCC[C@@H](CC)CC(C)C(C)=O. The fraction of sp³-hybridized carbons (Fsp3) is 0.917. The largest absolute Gasteiger partial charge is 0.321 e. The van der Waals surface area contributed by atoms with Crippen molar-refractivity contribution in [1.82, 2.24) is 0 Å². The van der Waals surface area contributed by atoms with E-state index < -0.39 is 0 Å². The predicted molar refractivity (Wildman–Crippen MR) is 121 cm³/mol. The van der Waals surface area contributed by atoms with E-state index in [1.54, 1.807) is 13.8 Å². The van der Waals surface area contributed by atoms with Gasteiger partial charge in [0.1, 0.15) is 11.6 Å². The molecule has 0 aliphatic heterocycles. The molecular weight excluding hydrogens is 334 g/mol. The van der Waals surface area contributed by atoms with E-state index in [4.69, 9.17) is 5.73 Å². The topological polar surface area (TPSA) is 60.2 Å². The molecule has 0 amide bonds. The van der Waals surface area contributed by atoms with Crippen LogP contribution in [0.3, 0.4) is 0 Å². The second-order valence-corrected chi connectivity index (χ2v) is 7.34. The minimum absolute atomic E-state index is 0.150. The summed E-state index contributed by atoms with van der Waals surface area (Å²) in [5.41, 5.74) is 5.74. The van der Waals surface area contributed by atoms with Gasteiger partial charge in [-0.3, -0.25) is 9.59 Å². The Balaban J connectivity index is -0.000000360. The maximum absolute atomic E-state index is 11.0. The molecular formula is C24H51NO2. The second-order valence-electron chi connectivity index (χ2n) is 7.34. The molecule has 0 radical (unpaired) electrons. The molecule has 0 saturated heterocycles. The Morgan fingerprint density at radius 3 is 1.74 bits per heavy atom. The van der Waals surface area contributed by atoms with Gasteiger partial charge < -0.3 is 5.73 Å². The molecule has 1 fully saturated rings. The van der Waals surface area contributed by atoms with Gasteiger partial charge in [0.2, 0.25) is 0 Å². The van der Waals surface area contributed by atoms with E-state index in [0.29, 0.717) is 11.7 Å². The van der Waals surface area contributed by atoms with Gasteiger partial charge in [-0.25, -0.2) is 0 Å². The van der Waals surface area contributed by atoms with E-state index in [1.165, 1.54) is 38.5 Å². The van der Waals surface area contributed by atoms with Gasteiger partial charge in [-0.2, -0.15) is 0 Å². The molecule has 0 aromatic heterocycles. The van der Waals surface area contributed by atoms with Gasteiger partial charge >= 0.3 is 0 Å². The Kier molecular flexibility index (Phi) is 24.8. The van der Waals surface area contributed by atoms with Crippen LogP contribution in [-0.2, 0) is 9.59 Å². The van der Waals surface area contributed by atoms with E-state index in [9.17, 15) is 9.59 Å². The van der Waals surface area contributed by atoms with Crippen LogP contribution in [0.2, 0.25) is 0 Å². The smallest absolute Gasteiger partial charge is 0.146 e. The lowest BCUT2D eigenvalue weighted by Crippen LogP contribution is -2.37. The van der Waals surface area contributed by atoms with Crippen LogP contribution >= 0.6 is 0 Å². The van der Waals surface area contributed by atoms with Crippen molar-refractivity contribution in [1.29, 1.82) is 0 Å². The molecule has 2 N–H and O–H groups in total. The van der Waals surface area contributed by atoms with Crippen LogP contribution in [0, 0.1) is 17.8 Å². The Morgan fingerprint density at radius 2 is 1.41 bits per heavy atom. The summed E-state index contributed by atoms with van der Waals surface area (Å²) in [6.45, 7) is 17.8. The Bertz CT molecular complexity index is 335. The molecule has 3 atom stereocenters. The Morgan fingerprint density at radius 1 is 0.926 bits per heavy atom. The molecule has 1 aliphatic rings. The normalized spacial score (nSPS) is 16.8. The lowest BCUT2D eigenvalue weighted by molar-refractivity contribution is -0.121. The quantitative estimate of drug-likeness (QED) is 0.491. The second kappa shape index (κ2) is 21.6. The van der Waals surface area contributed by atoms with Crippen molar-refractivity contribution in [2.45, 2.75) is 126 Å². The molecule has 0 heterocycles. The zero-order valence-corrected chi connectivity index (χ0v) is 20.1. The number of nitrogens with two attached hydrogens (primary N) is 1. The summed E-state index contributed by atoms with van der Waals surface area (Å²) in [6, 6.07) is -0.185. The summed E-state index contributed by atoms with van der Waals surface area (Å²) in [5.74, 6) is 1.98. The first-order chi connectivity index (χ1) is 12.8. The molecule has 1 rings (SSSR count). The summed E-state index contributed by atoms with van der Waals surface area (Å²) in [7, 11) is 0. The number of carbonyl (C=O) groups excluding carboxylic acids is 2. The van der Waals surface area contributed by atoms with E-state index in [0.717, 1.165) is 25.2 Å². The number of Topliss-reactive ketones (excluding diaryl/α,β-unsaturated/α-hetero) is 2. The lowest BCUT2D eigenvalue weighted by atomic mass is 9.83. The van der Waals surface area contributed by atoms with Gasteiger partial charge in [0, 0.05) is 5.92 Å². The molecule has 3 heteroatoms. The fourth-order valence-corrected chi connectivity index (χ4v) is 3.39. The van der Waals surface area contributed by atoms with Crippen LogP contribution in [0.25, 0.3) is 0 Å². The van der Waals surface area contributed by atoms with Crippen molar-refractivity contribution < 1.29 is 9.59 Å². The van der Waals surface area contributed by atoms with Crippen molar-refractivity contribution in [2.75, 3.05) is 0 Å². The highest BCUT2D eigenvalue weighted by molar-refractivity contribution is 5.81. The first kappa shape index (κ1) is 31.0. The number of carbonyl (C=O) groups is 2. The molecule has 164 valence electrons. The van der Waals surface area contributed by atoms with Crippen molar-refractivity contribution >= 4 is 11.6 Å². The van der Waals surface area contributed by atoms with E-state index in [1.807, 2.05) is 34.6 Å². The molecule has 0 aromatic carbocycles. The average molecular weight is 386 g/mol. The summed E-state index contributed by atoms with van der Waals surface area (Å²) in [6.07, 6.45) is 10.9. The highest BCUT2D eigenvalue weighted by Crippen LogP contribution is 2.25. The number of ketones is 2. The molecule has 1 saturated carbocycles.